The van der Waals surface area contributed by atoms with Gasteiger partial charge in [0, 0.05) is 0 Å². The molecule has 4 N–H and O–H groups in total. The first-order chi connectivity index (χ1) is 9.15. The Balaban J connectivity index is 2.23. The summed E-state index contributed by atoms with van der Waals surface area (Å²) >= 11 is 0. The minimum atomic E-state index is -0.546. The second-order valence-electron chi connectivity index (χ2n) is 4.15. The number of benzene rings is 1. The Hall–Kier alpha value is -2.83. The van der Waals surface area contributed by atoms with Gasteiger partial charge in [-0.3, -0.25) is 19.3 Å². The molecule has 3 rings (SSSR count). The molecule has 0 spiro atoms. The molecule has 0 aliphatic heterocycles. The van der Waals surface area contributed by atoms with Gasteiger partial charge in [-0.2, -0.15) is 4.98 Å². The van der Waals surface area contributed by atoms with Gasteiger partial charge in [-0.15, -0.1) is 0 Å². The summed E-state index contributed by atoms with van der Waals surface area (Å²) in [5.41, 5.74) is 6.23. The van der Waals surface area contributed by atoms with Crippen LogP contribution in [0.2, 0.25) is 0 Å². The van der Waals surface area contributed by atoms with Gasteiger partial charge in [-0.1, -0.05) is 30.3 Å². The van der Waals surface area contributed by atoms with Crippen LogP contribution in [0.5, 0.6) is 0 Å². The quantitative estimate of drug-likeness (QED) is 0.602. The van der Waals surface area contributed by atoms with Gasteiger partial charge in [0.1, 0.15) is 5.65 Å². The number of H-pyrrole nitrogens is 2. The van der Waals surface area contributed by atoms with Crippen LogP contribution in [0.3, 0.4) is 0 Å². The molecule has 96 valence electrons. The predicted octanol–water partition coefficient (Wildman–Crippen LogP) is 0.0434. The number of nitrogen functional groups attached to an aromatic ring is 1. The molecule has 2 aromatic heterocycles. The van der Waals surface area contributed by atoms with Crippen LogP contribution in [0.25, 0.3) is 11.2 Å². The molecule has 1 aromatic carbocycles. The molecule has 0 radical (unpaired) electrons. The summed E-state index contributed by atoms with van der Waals surface area (Å²) in [6.45, 7) is 0.421. The van der Waals surface area contributed by atoms with Crippen LogP contribution in [-0.2, 0) is 6.54 Å². The second-order valence-corrected chi connectivity index (χ2v) is 4.15. The van der Waals surface area contributed by atoms with Crippen molar-refractivity contribution < 1.29 is 0 Å². The summed E-state index contributed by atoms with van der Waals surface area (Å²) in [6.07, 6.45) is 0. The maximum absolute atomic E-state index is 11.6. The van der Waals surface area contributed by atoms with Crippen molar-refractivity contribution >= 4 is 17.1 Å². The third-order valence-corrected chi connectivity index (χ3v) is 2.87. The number of nitrogens with two attached hydrogens (primary N) is 1. The van der Waals surface area contributed by atoms with E-state index in [0.717, 1.165) is 5.56 Å². The highest BCUT2D eigenvalue weighted by molar-refractivity contribution is 5.70. The zero-order chi connectivity index (χ0) is 13.4. The van der Waals surface area contributed by atoms with Crippen molar-refractivity contribution in [1.82, 2.24) is 19.5 Å². The minimum absolute atomic E-state index is 0.0663. The van der Waals surface area contributed by atoms with Crippen molar-refractivity contribution in [1.29, 1.82) is 0 Å². The number of imidazole rings is 1. The molecule has 7 nitrogen and oxygen atoms in total. The number of hydrogen-bond donors (Lipinski definition) is 3. The Morgan fingerprint density at radius 1 is 1.16 bits per heavy atom. The molecule has 0 fully saturated rings. The fourth-order valence-corrected chi connectivity index (χ4v) is 1.99. The fraction of sp³-hybridized carbons (Fsp3) is 0.0833. The third-order valence-electron chi connectivity index (χ3n) is 2.87. The van der Waals surface area contributed by atoms with E-state index in [9.17, 15) is 9.59 Å². The summed E-state index contributed by atoms with van der Waals surface area (Å²) in [5, 5.41) is 0. The average Bonchev–Trinajstić information content (AvgIpc) is 2.78. The first kappa shape index (κ1) is 11.3. The smallest absolute Gasteiger partial charge is 0.325 e. The minimum Gasteiger partial charge on any atom is -0.369 e. The number of nitrogens with one attached hydrogen (secondary N) is 2. The predicted molar refractivity (Wildman–Crippen MR) is 70.9 cm³/mol. The molecule has 7 heteroatoms. The molecule has 0 saturated carbocycles. The Morgan fingerprint density at radius 3 is 2.63 bits per heavy atom. The number of aromatic nitrogens is 4. The van der Waals surface area contributed by atoms with Crippen molar-refractivity contribution in [2.24, 2.45) is 0 Å². The van der Waals surface area contributed by atoms with Crippen LogP contribution in [0, 0.1) is 0 Å². The van der Waals surface area contributed by atoms with Crippen molar-refractivity contribution in [2.75, 3.05) is 5.73 Å². The van der Waals surface area contributed by atoms with Gasteiger partial charge in [-0.05, 0) is 5.56 Å². The first-order valence-corrected chi connectivity index (χ1v) is 5.67. The molecule has 0 saturated heterocycles. The maximum atomic E-state index is 11.6. The van der Waals surface area contributed by atoms with Gasteiger partial charge in [0.05, 0.1) is 6.54 Å². The van der Waals surface area contributed by atoms with Gasteiger partial charge in [0.25, 0.3) is 0 Å². The van der Waals surface area contributed by atoms with Crippen LogP contribution in [0.15, 0.2) is 39.9 Å². The van der Waals surface area contributed by atoms with Crippen molar-refractivity contribution in [3.63, 3.8) is 0 Å². The molecule has 0 atom stereocenters. The molecule has 0 aliphatic rings. The normalized spacial score (nSPS) is 10.9. The van der Waals surface area contributed by atoms with E-state index in [2.05, 4.69) is 15.0 Å². The van der Waals surface area contributed by atoms with E-state index >= 15 is 0 Å². The van der Waals surface area contributed by atoms with Crippen LogP contribution in [0.4, 0.5) is 5.95 Å². The summed E-state index contributed by atoms with van der Waals surface area (Å²) in [4.78, 5) is 31.6. The highest BCUT2D eigenvalue weighted by Crippen LogP contribution is 2.10. The third kappa shape index (κ3) is 1.90. The standard InChI is InChI=1S/C12H11N5O2/c13-11-16-10(18)8-9(15-12(19)14-8)17(11)6-7-4-2-1-3-5-7/h1-5H,6H2,(H2,13,16,18)(H2,14,15,19). The fourth-order valence-electron chi connectivity index (χ4n) is 1.99. The van der Waals surface area contributed by atoms with Crippen molar-refractivity contribution in [2.45, 2.75) is 6.54 Å². The highest BCUT2D eigenvalue weighted by Gasteiger charge is 2.11. The van der Waals surface area contributed by atoms with E-state index in [1.165, 1.54) is 0 Å². The molecule has 0 unspecified atom stereocenters. The van der Waals surface area contributed by atoms with Crippen LogP contribution in [-0.4, -0.2) is 19.5 Å². The SMILES string of the molecule is Nc1nc(=O)c2[nH]c(=O)[nH]c2n1Cc1ccccc1. The van der Waals surface area contributed by atoms with Crippen LogP contribution in [0.1, 0.15) is 5.56 Å². The number of anilines is 1. The largest absolute Gasteiger partial charge is 0.369 e. The zero-order valence-electron chi connectivity index (χ0n) is 9.88. The lowest BCUT2D eigenvalue weighted by molar-refractivity contribution is 0.804. The number of fused-ring (bicyclic) bond motifs is 1. The molecular formula is C12H11N5O2. The highest BCUT2D eigenvalue weighted by atomic mass is 16.1. The van der Waals surface area contributed by atoms with Gasteiger partial charge < -0.3 is 5.73 Å². The Morgan fingerprint density at radius 2 is 1.89 bits per heavy atom. The Bertz CT molecular complexity index is 844. The second kappa shape index (κ2) is 4.13. The molecule has 0 aliphatic carbocycles. The van der Waals surface area contributed by atoms with E-state index in [1.807, 2.05) is 30.3 Å². The van der Waals surface area contributed by atoms with E-state index in [1.54, 1.807) is 4.57 Å². The Labute approximate surface area is 106 Å². The number of aromatic amines is 2. The van der Waals surface area contributed by atoms with Gasteiger partial charge in [0.15, 0.2) is 5.52 Å². The van der Waals surface area contributed by atoms with Gasteiger partial charge in [-0.25, -0.2) is 4.79 Å². The lowest BCUT2D eigenvalue weighted by Gasteiger charge is -2.10. The van der Waals surface area contributed by atoms with Gasteiger partial charge in [0.2, 0.25) is 5.95 Å². The number of nitrogens with zero attached hydrogens (tertiary/aromatic N) is 2. The summed E-state index contributed by atoms with van der Waals surface area (Å²) < 4.78 is 1.59. The molecule has 3 aromatic rings. The van der Waals surface area contributed by atoms with Crippen LogP contribution >= 0.6 is 0 Å². The zero-order valence-corrected chi connectivity index (χ0v) is 9.88. The Kier molecular flexibility index (Phi) is 2.45. The van der Waals surface area contributed by atoms with E-state index in [4.69, 9.17) is 5.73 Å². The molecular weight excluding hydrogens is 246 g/mol. The first-order valence-electron chi connectivity index (χ1n) is 5.67. The van der Waals surface area contributed by atoms with E-state index in [-0.39, 0.29) is 11.5 Å². The van der Waals surface area contributed by atoms with Crippen molar-refractivity contribution in [3.05, 3.63) is 56.7 Å². The van der Waals surface area contributed by atoms with E-state index in [0.29, 0.717) is 12.2 Å². The average molecular weight is 257 g/mol. The van der Waals surface area contributed by atoms with Crippen LogP contribution < -0.4 is 17.0 Å². The van der Waals surface area contributed by atoms with Gasteiger partial charge >= 0.3 is 11.2 Å². The van der Waals surface area contributed by atoms with Crippen molar-refractivity contribution in [3.8, 4) is 0 Å². The molecule has 19 heavy (non-hydrogen) atoms. The summed E-state index contributed by atoms with van der Waals surface area (Å²) in [5.74, 6) is 0.0663. The topological polar surface area (TPSA) is 110 Å². The maximum Gasteiger partial charge on any atom is 0.325 e. The van der Waals surface area contributed by atoms with E-state index < -0.39 is 11.2 Å². The summed E-state index contributed by atoms with van der Waals surface area (Å²) in [6, 6.07) is 9.56. The lowest BCUT2D eigenvalue weighted by Crippen LogP contribution is -2.18. The molecule has 0 amide bonds. The molecule has 2 heterocycles. The monoisotopic (exact) mass is 257 g/mol. The number of hydrogen-bond acceptors (Lipinski definition) is 4. The summed E-state index contributed by atoms with van der Waals surface area (Å²) in [7, 11) is 0. The number of rotatable bonds is 2. The lowest BCUT2D eigenvalue weighted by atomic mass is 10.2. The molecule has 0 bridgehead atoms.